The Morgan fingerprint density at radius 1 is 0.381 bits per heavy atom. The summed E-state index contributed by atoms with van der Waals surface area (Å²) in [6.07, 6.45) is 0. The summed E-state index contributed by atoms with van der Waals surface area (Å²) in [6, 6.07) is 50.9. The highest BCUT2D eigenvalue weighted by Gasteiger charge is 2.21. The summed E-state index contributed by atoms with van der Waals surface area (Å²) in [4.78, 5) is 0. The molecule has 6 aromatic carbocycles. The molecule has 8 rings (SSSR count). The molecule has 0 amide bonds. The van der Waals surface area contributed by atoms with Crippen molar-refractivity contribution in [2.45, 2.75) is 26.3 Å². The molecule has 0 bridgehead atoms. The van der Waals surface area contributed by atoms with Crippen LogP contribution in [0.4, 0.5) is 0 Å². The molecule has 42 heavy (non-hydrogen) atoms. The van der Waals surface area contributed by atoms with Crippen LogP contribution in [-0.2, 0) is 5.54 Å². The van der Waals surface area contributed by atoms with Crippen LogP contribution in [0.2, 0.25) is 0 Å². The van der Waals surface area contributed by atoms with Gasteiger partial charge in [0.05, 0.1) is 11.0 Å². The summed E-state index contributed by atoms with van der Waals surface area (Å²) < 4.78 is 4.87. The van der Waals surface area contributed by atoms with Gasteiger partial charge in [0.1, 0.15) is 0 Å². The minimum absolute atomic E-state index is 0.0110. The third-order valence-electron chi connectivity index (χ3n) is 8.58. The Hall–Kier alpha value is -5.08. The quantitative estimate of drug-likeness (QED) is 0.211. The number of benzene rings is 6. The van der Waals surface area contributed by atoms with Crippen LogP contribution in [0, 0.1) is 0 Å². The van der Waals surface area contributed by atoms with E-state index >= 15 is 0 Å². The van der Waals surface area contributed by atoms with E-state index in [2.05, 4.69) is 169 Å². The van der Waals surface area contributed by atoms with Gasteiger partial charge in [-0.15, -0.1) is 0 Å². The van der Waals surface area contributed by atoms with Gasteiger partial charge in [0.2, 0.25) is 0 Å². The SMILES string of the molecule is CC(C)(C)n1c2ccccc2c2cc(-c3ccc4c(c3)c3ccccc3n4-c3ccc(-c4ccccc4)cc3)ccc21. The number of hydrogen-bond acceptors (Lipinski definition) is 0. The molecule has 2 aromatic heterocycles. The monoisotopic (exact) mass is 540 g/mol. The number of fused-ring (bicyclic) bond motifs is 6. The molecule has 202 valence electrons. The molecule has 2 heterocycles. The van der Waals surface area contributed by atoms with Gasteiger partial charge in [-0.3, -0.25) is 0 Å². The standard InChI is InChI=1S/C40H32N2/c1-40(2,3)42-38-16-10-8-14-33(38)35-26-30(20-24-39(35)42)29-19-23-37-34(25-29)32-13-7-9-15-36(32)41(37)31-21-17-28(18-22-31)27-11-5-4-6-12-27/h4-26H,1-3H3. The average molecular weight is 541 g/mol. The summed E-state index contributed by atoms with van der Waals surface area (Å²) in [5, 5.41) is 5.15. The first-order chi connectivity index (χ1) is 20.5. The van der Waals surface area contributed by atoms with Crippen molar-refractivity contribution in [2.24, 2.45) is 0 Å². The van der Waals surface area contributed by atoms with Crippen LogP contribution in [0.3, 0.4) is 0 Å². The average Bonchev–Trinajstić information content (AvgIpc) is 3.54. The number of nitrogens with zero attached hydrogens (tertiary/aromatic N) is 2. The third kappa shape index (κ3) is 3.79. The molecule has 0 unspecified atom stereocenters. The Morgan fingerprint density at radius 2 is 0.833 bits per heavy atom. The maximum atomic E-state index is 2.47. The number of aromatic nitrogens is 2. The minimum atomic E-state index is -0.0110. The molecule has 0 saturated heterocycles. The van der Waals surface area contributed by atoms with E-state index in [-0.39, 0.29) is 5.54 Å². The first-order valence-electron chi connectivity index (χ1n) is 14.7. The van der Waals surface area contributed by atoms with Crippen LogP contribution in [0.25, 0.3) is 71.6 Å². The summed E-state index contributed by atoms with van der Waals surface area (Å²) >= 11 is 0. The van der Waals surface area contributed by atoms with Crippen molar-refractivity contribution < 1.29 is 0 Å². The van der Waals surface area contributed by atoms with E-state index in [1.54, 1.807) is 0 Å². The molecule has 8 aromatic rings. The minimum Gasteiger partial charge on any atom is -0.335 e. The van der Waals surface area contributed by atoms with Gasteiger partial charge < -0.3 is 9.13 Å². The number of rotatable bonds is 3. The second-order valence-corrected chi connectivity index (χ2v) is 12.3. The Morgan fingerprint density at radius 3 is 1.50 bits per heavy atom. The van der Waals surface area contributed by atoms with Crippen molar-refractivity contribution in [3.63, 3.8) is 0 Å². The van der Waals surface area contributed by atoms with Crippen LogP contribution in [-0.4, -0.2) is 9.13 Å². The molecule has 2 heteroatoms. The fraction of sp³-hybridized carbons (Fsp3) is 0.100. The number of para-hydroxylation sites is 2. The van der Waals surface area contributed by atoms with Crippen molar-refractivity contribution in [3.8, 4) is 27.9 Å². The van der Waals surface area contributed by atoms with Crippen LogP contribution in [0.1, 0.15) is 20.8 Å². The summed E-state index contributed by atoms with van der Waals surface area (Å²) in [6.45, 7) is 6.85. The molecule has 0 fully saturated rings. The predicted molar refractivity (Wildman–Crippen MR) is 180 cm³/mol. The van der Waals surface area contributed by atoms with Gasteiger partial charge in [-0.1, -0.05) is 91.0 Å². The molecular formula is C40H32N2. The lowest BCUT2D eigenvalue weighted by Crippen LogP contribution is -2.21. The van der Waals surface area contributed by atoms with Gasteiger partial charge >= 0.3 is 0 Å². The van der Waals surface area contributed by atoms with E-state index in [4.69, 9.17) is 0 Å². The van der Waals surface area contributed by atoms with Gasteiger partial charge in [0.15, 0.2) is 0 Å². The van der Waals surface area contributed by atoms with Crippen LogP contribution < -0.4 is 0 Å². The highest BCUT2D eigenvalue weighted by atomic mass is 15.0. The molecule has 0 aliphatic rings. The van der Waals surface area contributed by atoms with Crippen molar-refractivity contribution in [2.75, 3.05) is 0 Å². The normalized spacial score (nSPS) is 12.2. The highest BCUT2D eigenvalue weighted by Crippen LogP contribution is 2.39. The molecule has 0 N–H and O–H groups in total. The maximum Gasteiger partial charge on any atom is 0.0541 e. The molecule has 0 aliphatic heterocycles. The highest BCUT2D eigenvalue weighted by molar-refractivity contribution is 6.12. The van der Waals surface area contributed by atoms with Crippen molar-refractivity contribution in [1.82, 2.24) is 9.13 Å². The van der Waals surface area contributed by atoms with E-state index < -0.39 is 0 Å². The molecule has 0 radical (unpaired) electrons. The smallest absolute Gasteiger partial charge is 0.0541 e. The number of hydrogen-bond donors (Lipinski definition) is 0. The summed E-state index contributed by atoms with van der Waals surface area (Å²) in [7, 11) is 0. The van der Waals surface area contributed by atoms with Crippen LogP contribution in [0.5, 0.6) is 0 Å². The third-order valence-corrected chi connectivity index (χ3v) is 8.58. The van der Waals surface area contributed by atoms with Gasteiger partial charge in [-0.05, 0) is 91.6 Å². The molecule has 0 atom stereocenters. The lowest BCUT2D eigenvalue weighted by molar-refractivity contribution is 0.423. The fourth-order valence-corrected chi connectivity index (χ4v) is 6.74. The molecule has 0 saturated carbocycles. The second kappa shape index (κ2) is 9.22. The van der Waals surface area contributed by atoms with Crippen molar-refractivity contribution in [3.05, 3.63) is 140 Å². The topological polar surface area (TPSA) is 9.86 Å². The Labute approximate surface area is 246 Å². The Kier molecular flexibility index (Phi) is 5.42. The van der Waals surface area contributed by atoms with Gasteiger partial charge in [0.25, 0.3) is 0 Å². The van der Waals surface area contributed by atoms with E-state index in [1.165, 1.54) is 71.6 Å². The summed E-state index contributed by atoms with van der Waals surface area (Å²) in [5.74, 6) is 0. The van der Waals surface area contributed by atoms with Crippen LogP contribution >= 0.6 is 0 Å². The van der Waals surface area contributed by atoms with Gasteiger partial charge in [-0.2, -0.15) is 0 Å². The van der Waals surface area contributed by atoms with Crippen LogP contribution in [0.15, 0.2) is 140 Å². The van der Waals surface area contributed by atoms with E-state index in [9.17, 15) is 0 Å². The van der Waals surface area contributed by atoms with Gasteiger partial charge in [0, 0.05) is 43.8 Å². The molecular weight excluding hydrogens is 508 g/mol. The second-order valence-electron chi connectivity index (χ2n) is 12.3. The van der Waals surface area contributed by atoms with E-state index in [0.29, 0.717) is 0 Å². The molecule has 2 nitrogen and oxygen atoms in total. The van der Waals surface area contributed by atoms with Crippen molar-refractivity contribution in [1.29, 1.82) is 0 Å². The van der Waals surface area contributed by atoms with Crippen molar-refractivity contribution >= 4 is 43.6 Å². The zero-order valence-corrected chi connectivity index (χ0v) is 24.2. The first kappa shape index (κ1) is 24.7. The molecule has 0 aliphatic carbocycles. The lowest BCUT2D eigenvalue weighted by Gasteiger charge is -2.24. The lowest BCUT2D eigenvalue weighted by atomic mass is 10.0. The zero-order chi connectivity index (χ0) is 28.4. The largest absolute Gasteiger partial charge is 0.335 e. The zero-order valence-electron chi connectivity index (χ0n) is 24.2. The fourth-order valence-electron chi connectivity index (χ4n) is 6.74. The molecule has 0 spiro atoms. The van der Waals surface area contributed by atoms with E-state index in [0.717, 1.165) is 0 Å². The maximum absolute atomic E-state index is 2.47. The Bertz CT molecular complexity index is 2260. The first-order valence-corrected chi connectivity index (χ1v) is 14.7. The predicted octanol–water partition coefficient (Wildman–Crippen LogP) is 11.0. The van der Waals surface area contributed by atoms with Gasteiger partial charge in [-0.25, -0.2) is 0 Å². The Balaban J connectivity index is 1.29. The van der Waals surface area contributed by atoms with E-state index in [1.807, 2.05) is 0 Å². The summed E-state index contributed by atoms with van der Waals surface area (Å²) in [5.41, 5.74) is 11.1.